The lowest BCUT2D eigenvalue weighted by Crippen LogP contribution is -2.29. The number of ether oxygens (including phenoxy) is 1. The molecule has 2 aromatic carbocycles. The molecule has 0 bridgehead atoms. The summed E-state index contributed by atoms with van der Waals surface area (Å²) in [5.41, 5.74) is 2.78. The lowest BCUT2D eigenvalue weighted by molar-refractivity contribution is -0.130. The van der Waals surface area contributed by atoms with Crippen LogP contribution in [0.2, 0.25) is 0 Å². The molecule has 0 fully saturated rings. The number of fused-ring (bicyclic) bond motifs is 1. The Hall–Kier alpha value is -2.29. The van der Waals surface area contributed by atoms with E-state index in [-0.39, 0.29) is 5.91 Å². The molecule has 0 saturated heterocycles. The SMILES string of the molecule is CN(CCCOc1ccccc1)C(=O)CC1CCc2ccccc21. The van der Waals surface area contributed by atoms with Crippen molar-refractivity contribution >= 4 is 5.91 Å². The van der Waals surface area contributed by atoms with E-state index in [0.717, 1.165) is 31.6 Å². The summed E-state index contributed by atoms with van der Waals surface area (Å²) < 4.78 is 5.68. The van der Waals surface area contributed by atoms with Gasteiger partial charge in [-0.2, -0.15) is 0 Å². The highest BCUT2D eigenvalue weighted by Crippen LogP contribution is 2.35. The minimum absolute atomic E-state index is 0.233. The largest absolute Gasteiger partial charge is 0.494 e. The van der Waals surface area contributed by atoms with Gasteiger partial charge in [0.15, 0.2) is 0 Å². The highest BCUT2D eigenvalue weighted by atomic mass is 16.5. The predicted molar refractivity (Wildman–Crippen MR) is 96.3 cm³/mol. The van der Waals surface area contributed by atoms with Crippen molar-refractivity contribution in [1.29, 1.82) is 0 Å². The molecule has 1 amide bonds. The second kappa shape index (κ2) is 8.00. The molecule has 3 rings (SSSR count). The number of aryl methyl sites for hydroxylation is 1. The second-order valence-corrected chi connectivity index (χ2v) is 6.47. The number of benzene rings is 2. The zero-order valence-electron chi connectivity index (χ0n) is 14.3. The number of para-hydroxylation sites is 1. The summed E-state index contributed by atoms with van der Waals surface area (Å²) in [5, 5.41) is 0. The molecular weight excluding hydrogens is 298 g/mol. The van der Waals surface area contributed by atoms with Crippen molar-refractivity contribution in [2.75, 3.05) is 20.2 Å². The highest BCUT2D eigenvalue weighted by Gasteiger charge is 2.25. The monoisotopic (exact) mass is 323 g/mol. The van der Waals surface area contributed by atoms with E-state index in [1.165, 1.54) is 11.1 Å². The summed E-state index contributed by atoms with van der Waals surface area (Å²) in [6.07, 6.45) is 3.66. The van der Waals surface area contributed by atoms with Crippen LogP contribution >= 0.6 is 0 Å². The zero-order valence-corrected chi connectivity index (χ0v) is 14.3. The van der Waals surface area contributed by atoms with E-state index < -0.39 is 0 Å². The Kier molecular flexibility index (Phi) is 5.52. The van der Waals surface area contributed by atoms with Gasteiger partial charge in [0, 0.05) is 20.0 Å². The maximum absolute atomic E-state index is 12.5. The summed E-state index contributed by atoms with van der Waals surface area (Å²) in [6.45, 7) is 1.37. The smallest absolute Gasteiger partial charge is 0.222 e. The Morgan fingerprint density at radius 3 is 2.71 bits per heavy atom. The number of hydrogen-bond acceptors (Lipinski definition) is 2. The highest BCUT2D eigenvalue weighted by molar-refractivity contribution is 5.77. The summed E-state index contributed by atoms with van der Waals surface area (Å²) >= 11 is 0. The van der Waals surface area contributed by atoms with Gasteiger partial charge in [-0.25, -0.2) is 0 Å². The lowest BCUT2D eigenvalue weighted by atomic mass is 9.97. The van der Waals surface area contributed by atoms with Crippen LogP contribution < -0.4 is 4.74 Å². The Bertz CT molecular complexity index is 669. The minimum atomic E-state index is 0.233. The number of carbonyl (C=O) groups is 1. The van der Waals surface area contributed by atoms with Crippen LogP contribution in [0.5, 0.6) is 5.75 Å². The Morgan fingerprint density at radius 1 is 1.12 bits per heavy atom. The van der Waals surface area contributed by atoms with Crippen LogP contribution in [0.4, 0.5) is 0 Å². The average Bonchev–Trinajstić information content (AvgIpc) is 3.02. The molecule has 0 aromatic heterocycles. The molecule has 2 aromatic rings. The standard InChI is InChI=1S/C21H25NO2/c1-22(14-7-15-24-19-9-3-2-4-10-19)21(23)16-18-13-12-17-8-5-6-11-20(17)18/h2-6,8-11,18H,7,12-16H2,1H3. The van der Waals surface area contributed by atoms with Crippen LogP contribution in [-0.2, 0) is 11.2 Å². The van der Waals surface area contributed by atoms with Crippen molar-refractivity contribution < 1.29 is 9.53 Å². The van der Waals surface area contributed by atoms with Gasteiger partial charge in [-0.3, -0.25) is 4.79 Å². The van der Waals surface area contributed by atoms with E-state index in [1.807, 2.05) is 42.3 Å². The molecule has 0 saturated carbocycles. The van der Waals surface area contributed by atoms with Gasteiger partial charge in [0.2, 0.25) is 5.91 Å². The minimum Gasteiger partial charge on any atom is -0.494 e. The number of carbonyl (C=O) groups excluding carboxylic acids is 1. The second-order valence-electron chi connectivity index (χ2n) is 6.47. The third-order valence-electron chi connectivity index (χ3n) is 4.75. The molecule has 3 heteroatoms. The maximum Gasteiger partial charge on any atom is 0.222 e. The Balaban J connectivity index is 1.41. The first-order chi connectivity index (χ1) is 11.7. The van der Waals surface area contributed by atoms with E-state index in [1.54, 1.807) is 0 Å². The normalized spacial score (nSPS) is 15.8. The van der Waals surface area contributed by atoms with E-state index >= 15 is 0 Å². The molecule has 0 N–H and O–H groups in total. The van der Waals surface area contributed by atoms with Gasteiger partial charge in [-0.15, -0.1) is 0 Å². The Morgan fingerprint density at radius 2 is 1.88 bits per heavy atom. The van der Waals surface area contributed by atoms with Gasteiger partial charge in [0.1, 0.15) is 5.75 Å². The maximum atomic E-state index is 12.5. The predicted octanol–water partition coefficient (Wildman–Crippen LogP) is 4.03. The van der Waals surface area contributed by atoms with Crippen molar-refractivity contribution in [2.45, 2.75) is 31.6 Å². The molecule has 0 aliphatic heterocycles. The Labute approximate surface area is 144 Å². The third-order valence-corrected chi connectivity index (χ3v) is 4.75. The zero-order chi connectivity index (χ0) is 16.8. The molecule has 3 nitrogen and oxygen atoms in total. The van der Waals surface area contributed by atoms with Crippen molar-refractivity contribution in [3.8, 4) is 5.75 Å². The lowest BCUT2D eigenvalue weighted by Gasteiger charge is -2.20. The van der Waals surface area contributed by atoms with E-state index in [9.17, 15) is 4.79 Å². The van der Waals surface area contributed by atoms with Crippen LogP contribution in [0.15, 0.2) is 54.6 Å². The molecule has 126 valence electrons. The van der Waals surface area contributed by atoms with Crippen molar-refractivity contribution in [2.24, 2.45) is 0 Å². The van der Waals surface area contributed by atoms with Gasteiger partial charge in [-0.05, 0) is 48.4 Å². The van der Waals surface area contributed by atoms with Crippen LogP contribution in [0, 0.1) is 0 Å². The number of amides is 1. The first-order valence-electron chi connectivity index (χ1n) is 8.73. The van der Waals surface area contributed by atoms with Crippen molar-refractivity contribution in [3.05, 3.63) is 65.7 Å². The van der Waals surface area contributed by atoms with E-state index in [2.05, 4.69) is 24.3 Å². The van der Waals surface area contributed by atoms with Gasteiger partial charge in [0.05, 0.1) is 6.61 Å². The van der Waals surface area contributed by atoms with E-state index in [0.29, 0.717) is 18.9 Å². The van der Waals surface area contributed by atoms with Crippen LogP contribution in [0.25, 0.3) is 0 Å². The van der Waals surface area contributed by atoms with Crippen molar-refractivity contribution in [3.63, 3.8) is 0 Å². The first-order valence-corrected chi connectivity index (χ1v) is 8.73. The van der Waals surface area contributed by atoms with Gasteiger partial charge >= 0.3 is 0 Å². The molecule has 0 spiro atoms. The molecule has 0 radical (unpaired) electrons. The van der Waals surface area contributed by atoms with Gasteiger partial charge in [0.25, 0.3) is 0 Å². The van der Waals surface area contributed by atoms with Crippen LogP contribution in [0.3, 0.4) is 0 Å². The van der Waals surface area contributed by atoms with Crippen LogP contribution in [0.1, 0.15) is 36.3 Å². The fourth-order valence-corrected chi connectivity index (χ4v) is 3.36. The number of hydrogen-bond donors (Lipinski definition) is 0. The molecule has 1 unspecified atom stereocenters. The number of rotatable bonds is 7. The molecule has 0 heterocycles. The summed E-state index contributed by atoms with van der Waals surface area (Å²) in [5.74, 6) is 1.50. The fraction of sp³-hybridized carbons (Fsp3) is 0.381. The summed E-state index contributed by atoms with van der Waals surface area (Å²) in [7, 11) is 1.89. The topological polar surface area (TPSA) is 29.5 Å². The summed E-state index contributed by atoms with van der Waals surface area (Å²) in [4.78, 5) is 14.3. The molecule has 24 heavy (non-hydrogen) atoms. The van der Waals surface area contributed by atoms with Gasteiger partial charge in [-0.1, -0.05) is 42.5 Å². The third kappa shape index (κ3) is 4.16. The molecule has 1 aliphatic rings. The first kappa shape index (κ1) is 16.6. The molecule has 1 atom stereocenters. The average molecular weight is 323 g/mol. The summed E-state index contributed by atoms with van der Waals surface area (Å²) in [6, 6.07) is 18.3. The van der Waals surface area contributed by atoms with Gasteiger partial charge < -0.3 is 9.64 Å². The van der Waals surface area contributed by atoms with E-state index in [4.69, 9.17) is 4.74 Å². The molecule has 1 aliphatic carbocycles. The quantitative estimate of drug-likeness (QED) is 0.720. The van der Waals surface area contributed by atoms with Crippen LogP contribution in [-0.4, -0.2) is 31.0 Å². The fourth-order valence-electron chi connectivity index (χ4n) is 3.36. The molecular formula is C21H25NO2. The number of nitrogens with zero attached hydrogens (tertiary/aromatic N) is 1. The van der Waals surface area contributed by atoms with Crippen molar-refractivity contribution in [1.82, 2.24) is 4.90 Å².